The third kappa shape index (κ3) is 2.42. The molecule has 2 rings (SSSR count). The number of hydrogen-bond acceptors (Lipinski definition) is 3. The van der Waals surface area contributed by atoms with E-state index >= 15 is 0 Å². The molecular formula is C13H17NO2. The number of ether oxygens (including phenoxy) is 1. The predicted molar refractivity (Wildman–Crippen MR) is 63.0 cm³/mol. The SMILES string of the molecule is COc1cccc(C(=O)[C@H]2CCCCN2)c1. The van der Waals surface area contributed by atoms with Gasteiger partial charge in [-0.3, -0.25) is 4.79 Å². The van der Waals surface area contributed by atoms with E-state index in [1.165, 1.54) is 6.42 Å². The van der Waals surface area contributed by atoms with Gasteiger partial charge in [0.1, 0.15) is 5.75 Å². The summed E-state index contributed by atoms with van der Waals surface area (Å²) in [6, 6.07) is 7.35. The summed E-state index contributed by atoms with van der Waals surface area (Å²) in [6.07, 6.45) is 3.24. The molecule has 0 amide bonds. The van der Waals surface area contributed by atoms with E-state index in [0.29, 0.717) is 0 Å². The Morgan fingerprint density at radius 1 is 1.44 bits per heavy atom. The minimum atomic E-state index is -0.0131. The Morgan fingerprint density at radius 2 is 2.31 bits per heavy atom. The van der Waals surface area contributed by atoms with Crippen LogP contribution in [-0.2, 0) is 0 Å². The Bertz CT molecular complexity index is 370. The molecule has 1 fully saturated rings. The second-order valence-electron chi connectivity index (χ2n) is 4.10. The molecule has 1 aliphatic heterocycles. The fourth-order valence-corrected chi connectivity index (χ4v) is 2.05. The lowest BCUT2D eigenvalue weighted by Crippen LogP contribution is -2.40. The van der Waals surface area contributed by atoms with E-state index in [1.807, 2.05) is 18.2 Å². The lowest BCUT2D eigenvalue weighted by Gasteiger charge is -2.22. The van der Waals surface area contributed by atoms with Crippen LogP contribution in [0.15, 0.2) is 24.3 Å². The van der Waals surface area contributed by atoms with Gasteiger partial charge in [0, 0.05) is 5.56 Å². The van der Waals surface area contributed by atoms with E-state index < -0.39 is 0 Å². The van der Waals surface area contributed by atoms with E-state index in [0.717, 1.165) is 30.7 Å². The molecular weight excluding hydrogens is 202 g/mol. The molecule has 1 aromatic carbocycles. The normalized spacial score (nSPS) is 20.4. The van der Waals surface area contributed by atoms with Crippen molar-refractivity contribution in [1.82, 2.24) is 5.32 Å². The summed E-state index contributed by atoms with van der Waals surface area (Å²) in [5.41, 5.74) is 0.735. The molecule has 1 aliphatic rings. The third-order valence-electron chi connectivity index (χ3n) is 2.98. The fourth-order valence-electron chi connectivity index (χ4n) is 2.05. The number of ketones is 1. The topological polar surface area (TPSA) is 38.3 Å². The molecule has 16 heavy (non-hydrogen) atoms. The van der Waals surface area contributed by atoms with E-state index in [9.17, 15) is 4.79 Å². The van der Waals surface area contributed by atoms with E-state index in [-0.39, 0.29) is 11.8 Å². The highest BCUT2D eigenvalue weighted by molar-refractivity contribution is 6.00. The van der Waals surface area contributed by atoms with Crippen molar-refractivity contribution in [2.24, 2.45) is 0 Å². The van der Waals surface area contributed by atoms with Gasteiger partial charge in [-0.05, 0) is 31.5 Å². The average molecular weight is 219 g/mol. The summed E-state index contributed by atoms with van der Waals surface area (Å²) < 4.78 is 5.12. The van der Waals surface area contributed by atoms with E-state index in [1.54, 1.807) is 13.2 Å². The van der Waals surface area contributed by atoms with Crippen LogP contribution < -0.4 is 10.1 Å². The molecule has 0 bridgehead atoms. The maximum atomic E-state index is 12.1. The van der Waals surface area contributed by atoms with Crippen molar-refractivity contribution in [2.75, 3.05) is 13.7 Å². The van der Waals surface area contributed by atoms with Crippen molar-refractivity contribution in [3.05, 3.63) is 29.8 Å². The molecule has 1 N–H and O–H groups in total. The zero-order chi connectivity index (χ0) is 11.4. The van der Waals surface area contributed by atoms with Crippen molar-refractivity contribution in [3.63, 3.8) is 0 Å². The molecule has 0 spiro atoms. The molecule has 1 saturated heterocycles. The summed E-state index contributed by atoms with van der Waals surface area (Å²) in [5.74, 6) is 0.917. The summed E-state index contributed by atoms with van der Waals surface area (Å²) in [4.78, 5) is 12.1. The van der Waals surface area contributed by atoms with Gasteiger partial charge >= 0.3 is 0 Å². The number of hydrogen-bond donors (Lipinski definition) is 1. The van der Waals surface area contributed by atoms with Crippen LogP contribution in [0, 0.1) is 0 Å². The second-order valence-corrected chi connectivity index (χ2v) is 4.10. The third-order valence-corrected chi connectivity index (χ3v) is 2.98. The number of methoxy groups -OCH3 is 1. The van der Waals surface area contributed by atoms with Crippen LogP contribution in [0.1, 0.15) is 29.6 Å². The first-order valence-corrected chi connectivity index (χ1v) is 5.73. The van der Waals surface area contributed by atoms with Gasteiger partial charge in [0.05, 0.1) is 13.2 Å². The molecule has 86 valence electrons. The van der Waals surface area contributed by atoms with Crippen molar-refractivity contribution in [2.45, 2.75) is 25.3 Å². The molecule has 0 aliphatic carbocycles. The van der Waals surface area contributed by atoms with Gasteiger partial charge < -0.3 is 10.1 Å². The maximum absolute atomic E-state index is 12.1. The molecule has 0 saturated carbocycles. The average Bonchev–Trinajstić information content (AvgIpc) is 2.39. The van der Waals surface area contributed by atoms with Crippen LogP contribution in [0.5, 0.6) is 5.75 Å². The van der Waals surface area contributed by atoms with Gasteiger partial charge in [-0.1, -0.05) is 18.6 Å². The predicted octanol–water partition coefficient (Wildman–Crippen LogP) is 2.02. The Kier molecular flexibility index (Phi) is 3.57. The lowest BCUT2D eigenvalue weighted by molar-refractivity contribution is 0.0927. The minimum Gasteiger partial charge on any atom is -0.497 e. The zero-order valence-electron chi connectivity index (χ0n) is 9.53. The highest BCUT2D eigenvalue weighted by Gasteiger charge is 2.21. The first-order valence-electron chi connectivity index (χ1n) is 5.73. The van der Waals surface area contributed by atoms with Gasteiger partial charge in [0.15, 0.2) is 5.78 Å². The smallest absolute Gasteiger partial charge is 0.179 e. The standard InChI is InChI=1S/C13H17NO2/c1-16-11-6-4-5-10(9-11)13(15)12-7-2-3-8-14-12/h4-6,9,12,14H,2-3,7-8H2,1H3/t12-/m1/s1. The highest BCUT2D eigenvalue weighted by atomic mass is 16.5. The monoisotopic (exact) mass is 219 g/mol. The summed E-state index contributed by atoms with van der Waals surface area (Å²) >= 11 is 0. The Morgan fingerprint density at radius 3 is 3.00 bits per heavy atom. The minimum absolute atomic E-state index is 0.0131. The molecule has 0 unspecified atom stereocenters. The second kappa shape index (κ2) is 5.12. The van der Waals surface area contributed by atoms with Crippen LogP contribution in [0.2, 0.25) is 0 Å². The van der Waals surface area contributed by atoms with Crippen LogP contribution in [0.25, 0.3) is 0 Å². The molecule has 3 nitrogen and oxygen atoms in total. The lowest BCUT2D eigenvalue weighted by atomic mass is 9.96. The van der Waals surface area contributed by atoms with Gasteiger partial charge in [0.25, 0.3) is 0 Å². The molecule has 0 radical (unpaired) electrons. The Labute approximate surface area is 95.8 Å². The van der Waals surface area contributed by atoms with Gasteiger partial charge in [-0.25, -0.2) is 0 Å². The number of rotatable bonds is 3. The van der Waals surface area contributed by atoms with E-state index in [4.69, 9.17) is 4.74 Å². The fraction of sp³-hybridized carbons (Fsp3) is 0.462. The summed E-state index contributed by atoms with van der Waals surface area (Å²) in [6.45, 7) is 0.945. The quantitative estimate of drug-likeness (QED) is 0.790. The Hall–Kier alpha value is -1.35. The van der Waals surface area contributed by atoms with Crippen LogP contribution >= 0.6 is 0 Å². The van der Waals surface area contributed by atoms with Crippen molar-refractivity contribution >= 4 is 5.78 Å². The number of Topliss-reactive ketones (excluding diaryl/α,β-unsaturated/α-hetero) is 1. The first kappa shape index (κ1) is 11.1. The van der Waals surface area contributed by atoms with Crippen molar-refractivity contribution in [3.8, 4) is 5.75 Å². The van der Waals surface area contributed by atoms with Crippen molar-refractivity contribution < 1.29 is 9.53 Å². The summed E-state index contributed by atoms with van der Waals surface area (Å²) in [7, 11) is 1.61. The van der Waals surface area contributed by atoms with Crippen LogP contribution in [-0.4, -0.2) is 25.5 Å². The molecule has 3 heteroatoms. The number of nitrogens with one attached hydrogen (secondary N) is 1. The first-order chi connectivity index (χ1) is 7.81. The van der Waals surface area contributed by atoms with Crippen molar-refractivity contribution in [1.29, 1.82) is 0 Å². The molecule has 1 atom stereocenters. The number of carbonyl (C=O) groups excluding carboxylic acids is 1. The largest absolute Gasteiger partial charge is 0.497 e. The zero-order valence-corrected chi connectivity index (χ0v) is 9.53. The Balaban J connectivity index is 2.12. The van der Waals surface area contributed by atoms with Gasteiger partial charge in [-0.2, -0.15) is 0 Å². The molecule has 1 heterocycles. The van der Waals surface area contributed by atoms with E-state index in [2.05, 4.69) is 5.32 Å². The van der Waals surface area contributed by atoms with Gasteiger partial charge in [0.2, 0.25) is 0 Å². The van der Waals surface area contributed by atoms with Crippen LogP contribution in [0.4, 0.5) is 0 Å². The number of carbonyl (C=O) groups is 1. The number of piperidine rings is 1. The van der Waals surface area contributed by atoms with Crippen LogP contribution in [0.3, 0.4) is 0 Å². The maximum Gasteiger partial charge on any atom is 0.179 e. The number of benzene rings is 1. The van der Waals surface area contributed by atoms with Gasteiger partial charge in [-0.15, -0.1) is 0 Å². The molecule has 1 aromatic rings. The summed E-state index contributed by atoms with van der Waals surface area (Å²) in [5, 5.41) is 3.26. The highest BCUT2D eigenvalue weighted by Crippen LogP contribution is 2.17. The molecule has 0 aromatic heterocycles.